The molecule has 0 saturated carbocycles. The van der Waals surface area contributed by atoms with Crippen LogP contribution in [0, 0.1) is 0 Å². The molecule has 1 atom stereocenters. The molecule has 1 rings (SSSR count). The highest BCUT2D eigenvalue weighted by molar-refractivity contribution is 4.71. The van der Waals surface area contributed by atoms with Crippen LogP contribution in [-0.4, -0.2) is 42.5 Å². The molecule has 1 aliphatic heterocycles. The summed E-state index contributed by atoms with van der Waals surface area (Å²) >= 11 is 0. The van der Waals surface area contributed by atoms with Crippen LogP contribution in [0.15, 0.2) is 0 Å². The Morgan fingerprint density at radius 2 is 2.00 bits per heavy atom. The van der Waals surface area contributed by atoms with Crippen LogP contribution < -0.4 is 0 Å². The van der Waals surface area contributed by atoms with Crippen molar-refractivity contribution in [1.82, 2.24) is 4.90 Å². The maximum absolute atomic E-state index is 5.80. The molecule has 1 aliphatic rings. The number of hydrogen-bond acceptors (Lipinski definition) is 3. The van der Waals surface area contributed by atoms with E-state index < -0.39 is 0 Å². The van der Waals surface area contributed by atoms with Crippen LogP contribution in [0.25, 0.3) is 0 Å². The van der Waals surface area contributed by atoms with E-state index in [9.17, 15) is 0 Å². The third-order valence-electron chi connectivity index (χ3n) is 2.28. The summed E-state index contributed by atoms with van der Waals surface area (Å²) in [6.45, 7) is 13.3. The molecule has 0 radical (unpaired) electrons. The molecular weight excluding hydrogens is 178 g/mol. The largest absolute Gasteiger partial charge is 0.350 e. The predicted molar refractivity (Wildman–Crippen MR) is 57.3 cm³/mol. The van der Waals surface area contributed by atoms with Gasteiger partial charge in [-0.15, -0.1) is 0 Å². The molecule has 0 unspecified atom stereocenters. The zero-order chi connectivity index (χ0) is 10.8. The van der Waals surface area contributed by atoms with Gasteiger partial charge in [-0.2, -0.15) is 0 Å². The smallest absolute Gasteiger partial charge is 0.170 e. The van der Waals surface area contributed by atoms with E-state index in [1.165, 1.54) is 0 Å². The van der Waals surface area contributed by atoms with Gasteiger partial charge in [0.25, 0.3) is 0 Å². The van der Waals surface area contributed by atoms with E-state index in [4.69, 9.17) is 9.47 Å². The van der Waals surface area contributed by atoms with Crippen molar-refractivity contribution in [3.63, 3.8) is 0 Å². The van der Waals surface area contributed by atoms with Crippen LogP contribution in [0.1, 0.15) is 34.6 Å². The molecule has 14 heavy (non-hydrogen) atoms. The summed E-state index contributed by atoms with van der Waals surface area (Å²) in [6, 6.07) is 0.574. The van der Waals surface area contributed by atoms with Crippen molar-refractivity contribution in [2.75, 3.05) is 19.7 Å². The highest BCUT2D eigenvalue weighted by atomic mass is 16.7. The Balaban J connectivity index is 2.40. The molecule has 0 aromatic rings. The van der Waals surface area contributed by atoms with Crippen molar-refractivity contribution >= 4 is 0 Å². The minimum absolute atomic E-state index is 0.0638. The molecule has 1 heterocycles. The van der Waals surface area contributed by atoms with Crippen molar-refractivity contribution in [3.8, 4) is 0 Å². The SMILES string of the molecule is CC(C)N1CCO[C@@H](OC(C)(C)C)C1. The Bertz CT molecular complexity index is 175. The fourth-order valence-electron chi connectivity index (χ4n) is 1.57. The lowest BCUT2D eigenvalue weighted by atomic mass is 10.2. The van der Waals surface area contributed by atoms with E-state index in [1.54, 1.807) is 0 Å². The molecule has 84 valence electrons. The van der Waals surface area contributed by atoms with E-state index in [-0.39, 0.29) is 11.9 Å². The fourth-order valence-corrected chi connectivity index (χ4v) is 1.57. The first kappa shape index (κ1) is 12.0. The molecule has 3 nitrogen and oxygen atoms in total. The Morgan fingerprint density at radius 1 is 1.36 bits per heavy atom. The van der Waals surface area contributed by atoms with Gasteiger partial charge in [0.05, 0.1) is 12.2 Å². The second kappa shape index (κ2) is 4.60. The van der Waals surface area contributed by atoms with Gasteiger partial charge < -0.3 is 9.47 Å². The van der Waals surface area contributed by atoms with Crippen LogP contribution in [0.3, 0.4) is 0 Å². The predicted octanol–water partition coefficient (Wildman–Crippen LogP) is 1.87. The molecular formula is C11H23NO2. The molecule has 0 spiro atoms. The number of morpholine rings is 1. The quantitative estimate of drug-likeness (QED) is 0.681. The first-order valence-electron chi connectivity index (χ1n) is 5.42. The highest BCUT2D eigenvalue weighted by Crippen LogP contribution is 2.16. The lowest BCUT2D eigenvalue weighted by molar-refractivity contribution is -0.224. The van der Waals surface area contributed by atoms with Gasteiger partial charge >= 0.3 is 0 Å². The number of rotatable bonds is 2. The number of ether oxygens (including phenoxy) is 2. The molecule has 0 N–H and O–H groups in total. The molecule has 0 aromatic carbocycles. The first-order chi connectivity index (χ1) is 6.38. The van der Waals surface area contributed by atoms with Gasteiger partial charge in [-0.25, -0.2) is 0 Å². The van der Waals surface area contributed by atoms with Crippen LogP contribution in [0.5, 0.6) is 0 Å². The maximum Gasteiger partial charge on any atom is 0.170 e. The summed E-state index contributed by atoms with van der Waals surface area (Å²) in [5.41, 5.74) is -0.120. The summed E-state index contributed by atoms with van der Waals surface area (Å²) in [5.74, 6) is 0. The van der Waals surface area contributed by atoms with Gasteiger partial charge in [-0.05, 0) is 34.6 Å². The van der Waals surface area contributed by atoms with Crippen LogP contribution >= 0.6 is 0 Å². The molecule has 1 fully saturated rings. The Hall–Kier alpha value is -0.120. The summed E-state index contributed by atoms with van der Waals surface area (Å²) < 4.78 is 11.4. The van der Waals surface area contributed by atoms with Crippen LogP contribution in [-0.2, 0) is 9.47 Å². The molecule has 0 aliphatic carbocycles. The first-order valence-corrected chi connectivity index (χ1v) is 5.42. The maximum atomic E-state index is 5.80. The zero-order valence-corrected chi connectivity index (χ0v) is 10.0. The minimum Gasteiger partial charge on any atom is -0.350 e. The number of nitrogens with zero attached hydrogens (tertiary/aromatic N) is 1. The second-order valence-electron chi connectivity index (χ2n) is 5.12. The van der Waals surface area contributed by atoms with Crippen molar-refractivity contribution in [3.05, 3.63) is 0 Å². The summed E-state index contributed by atoms with van der Waals surface area (Å²) in [6.07, 6.45) is -0.0638. The van der Waals surface area contributed by atoms with Gasteiger partial charge in [-0.1, -0.05) is 0 Å². The normalized spacial score (nSPS) is 25.7. The Kier molecular flexibility index (Phi) is 3.93. The highest BCUT2D eigenvalue weighted by Gasteiger charge is 2.26. The fraction of sp³-hybridized carbons (Fsp3) is 1.00. The van der Waals surface area contributed by atoms with E-state index in [0.717, 1.165) is 19.7 Å². The Morgan fingerprint density at radius 3 is 2.50 bits per heavy atom. The lowest BCUT2D eigenvalue weighted by Gasteiger charge is -2.37. The van der Waals surface area contributed by atoms with Gasteiger partial charge in [0.2, 0.25) is 0 Å². The third kappa shape index (κ3) is 3.95. The Labute approximate surface area is 87.4 Å². The van der Waals surface area contributed by atoms with Crippen molar-refractivity contribution in [2.24, 2.45) is 0 Å². The topological polar surface area (TPSA) is 21.7 Å². The molecule has 0 aromatic heterocycles. The second-order valence-corrected chi connectivity index (χ2v) is 5.12. The summed E-state index contributed by atoms with van der Waals surface area (Å²) in [7, 11) is 0. The average molecular weight is 201 g/mol. The minimum atomic E-state index is -0.120. The standard InChI is InChI=1S/C11H23NO2/c1-9(2)12-6-7-13-10(8-12)14-11(3,4)5/h9-10H,6-8H2,1-5H3/t10-/m0/s1. The monoisotopic (exact) mass is 201 g/mol. The van der Waals surface area contributed by atoms with E-state index in [0.29, 0.717) is 6.04 Å². The van der Waals surface area contributed by atoms with Crippen molar-refractivity contribution in [1.29, 1.82) is 0 Å². The van der Waals surface area contributed by atoms with E-state index in [2.05, 4.69) is 39.5 Å². The summed E-state index contributed by atoms with van der Waals surface area (Å²) in [4.78, 5) is 2.39. The third-order valence-corrected chi connectivity index (χ3v) is 2.28. The number of hydrogen-bond donors (Lipinski definition) is 0. The molecule has 1 saturated heterocycles. The molecule has 3 heteroatoms. The van der Waals surface area contributed by atoms with Crippen molar-refractivity contribution < 1.29 is 9.47 Å². The van der Waals surface area contributed by atoms with Crippen LogP contribution in [0.2, 0.25) is 0 Å². The van der Waals surface area contributed by atoms with E-state index in [1.807, 2.05) is 0 Å². The van der Waals surface area contributed by atoms with Gasteiger partial charge in [-0.3, -0.25) is 4.90 Å². The van der Waals surface area contributed by atoms with Crippen molar-refractivity contribution in [2.45, 2.75) is 52.6 Å². The van der Waals surface area contributed by atoms with Gasteiger partial charge in [0.15, 0.2) is 6.29 Å². The average Bonchev–Trinajstić information content (AvgIpc) is 2.01. The zero-order valence-electron chi connectivity index (χ0n) is 10.0. The van der Waals surface area contributed by atoms with Gasteiger partial charge in [0.1, 0.15) is 0 Å². The van der Waals surface area contributed by atoms with Crippen LogP contribution in [0.4, 0.5) is 0 Å². The van der Waals surface area contributed by atoms with E-state index >= 15 is 0 Å². The molecule has 0 bridgehead atoms. The lowest BCUT2D eigenvalue weighted by Crippen LogP contribution is -2.48. The summed E-state index contributed by atoms with van der Waals surface area (Å²) in [5, 5.41) is 0. The molecule has 0 amide bonds. The van der Waals surface area contributed by atoms with Gasteiger partial charge in [0, 0.05) is 19.1 Å².